The summed E-state index contributed by atoms with van der Waals surface area (Å²) in [5, 5.41) is 0. The van der Waals surface area contributed by atoms with E-state index in [1.54, 1.807) is 30.6 Å². The lowest BCUT2D eigenvalue weighted by atomic mass is 10.2. The first-order valence-corrected chi connectivity index (χ1v) is 6.08. The van der Waals surface area contributed by atoms with Gasteiger partial charge in [0.05, 0.1) is 12.2 Å². The Balaban J connectivity index is 2.20. The maximum atomic E-state index is 11.0. The van der Waals surface area contributed by atoms with E-state index in [1.807, 2.05) is 19.1 Å². The Morgan fingerprint density at radius 1 is 1.16 bits per heavy atom. The number of hydrogen-bond donors (Lipinski definition) is 0. The molecular formula is C15H15NO3. The van der Waals surface area contributed by atoms with Gasteiger partial charge in [0.1, 0.15) is 6.61 Å². The Hall–Kier alpha value is -2.36. The number of carbonyl (C=O) groups is 1. The molecule has 4 heteroatoms. The van der Waals surface area contributed by atoms with Crippen molar-refractivity contribution in [2.24, 2.45) is 0 Å². The highest BCUT2D eigenvalue weighted by Crippen LogP contribution is 2.31. The third-order valence-corrected chi connectivity index (χ3v) is 2.57. The zero-order chi connectivity index (χ0) is 13.5. The molecule has 19 heavy (non-hydrogen) atoms. The number of carbonyl (C=O) groups excluding carboxylic acids is 1. The first kappa shape index (κ1) is 13.1. The zero-order valence-corrected chi connectivity index (χ0v) is 10.7. The van der Waals surface area contributed by atoms with Gasteiger partial charge in [-0.25, -0.2) is 0 Å². The average Bonchev–Trinajstić information content (AvgIpc) is 2.47. The van der Waals surface area contributed by atoms with Crippen molar-refractivity contribution in [2.45, 2.75) is 13.5 Å². The van der Waals surface area contributed by atoms with Crippen LogP contribution in [0.1, 0.15) is 22.8 Å². The molecule has 0 spiro atoms. The van der Waals surface area contributed by atoms with Crippen LogP contribution in [-0.4, -0.2) is 17.9 Å². The van der Waals surface area contributed by atoms with Crippen LogP contribution >= 0.6 is 0 Å². The lowest BCUT2D eigenvalue weighted by Crippen LogP contribution is -2.02. The second-order valence-electron chi connectivity index (χ2n) is 3.87. The minimum Gasteiger partial charge on any atom is -0.490 e. The summed E-state index contributed by atoms with van der Waals surface area (Å²) in [6.45, 7) is 2.78. The number of rotatable bonds is 6. The van der Waals surface area contributed by atoms with Crippen LogP contribution in [0.15, 0.2) is 42.7 Å². The van der Waals surface area contributed by atoms with Crippen molar-refractivity contribution >= 4 is 6.29 Å². The third kappa shape index (κ3) is 3.31. The van der Waals surface area contributed by atoms with Crippen LogP contribution in [0, 0.1) is 0 Å². The Morgan fingerprint density at radius 3 is 2.63 bits per heavy atom. The average molecular weight is 257 g/mol. The highest BCUT2D eigenvalue weighted by Gasteiger charge is 2.10. The Kier molecular flexibility index (Phi) is 4.50. The second-order valence-corrected chi connectivity index (χ2v) is 3.87. The summed E-state index contributed by atoms with van der Waals surface area (Å²) in [6.07, 6.45) is 4.17. The maximum Gasteiger partial charge on any atom is 0.172 e. The smallest absolute Gasteiger partial charge is 0.172 e. The van der Waals surface area contributed by atoms with Gasteiger partial charge in [-0.1, -0.05) is 6.07 Å². The predicted octanol–water partition coefficient (Wildman–Crippen LogP) is 2.87. The summed E-state index contributed by atoms with van der Waals surface area (Å²) < 4.78 is 11.2. The number of aromatic nitrogens is 1. The molecule has 2 rings (SSSR count). The number of benzene rings is 1. The monoisotopic (exact) mass is 257 g/mol. The van der Waals surface area contributed by atoms with Crippen molar-refractivity contribution in [2.75, 3.05) is 6.61 Å². The van der Waals surface area contributed by atoms with E-state index in [0.717, 1.165) is 11.8 Å². The fraction of sp³-hybridized carbons (Fsp3) is 0.200. The molecule has 0 unspecified atom stereocenters. The number of ether oxygens (including phenoxy) is 2. The molecule has 1 heterocycles. The Morgan fingerprint density at radius 2 is 1.95 bits per heavy atom. The van der Waals surface area contributed by atoms with E-state index in [4.69, 9.17) is 9.47 Å². The van der Waals surface area contributed by atoms with E-state index in [0.29, 0.717) is 30.3 Å². The normalized spacial score (nSPS) is 9.95. The highest BCUT2D eigenvalue weighted by atomic mass is 16.5. The van der Waals surface area contributed by atoms with Crippen LogP contribution in [0.3, 0.4) is 0 Å². The van der Waals surface area contributed by atoms with Crippen LogP contribution in [-0.2, 0) is 6.61 Å². The van der Waals surface area contributed by atoms with Crippen molar-refractivity contribution in [3.05, 3.63) is 53.9 Å². The molecule has 1 aromatic heterocycles. The summed E-state index contributed by atoms with van der Waals surface area (Å²) in [7, 11) is 0. The molecule has 1 aromatic carbocycles. The number of para-hydroxylation sites is 1. The third-order valence-electron chi connectivity index (χ3n) is 2.57. The molecule has 0 fully saturated rings. The summed E-state index contributed by atoms with van der Waals surface area (Å²) in [4.78, 5) is 15.0. The molecule has 4 nitrogen and oxygen atoms in total. The van der Waals surface area contributed by atoms with Crippen molar-refractivity contribution < 1.29 is 14.3 Å². The molecule has 0 saturated carbocycles. The molecule has 0 aliphatic heterocycles. The van der Waals surface area contributed by atoms with E-state index in [2.05, 4.69) is 4.98 Å². The summed E-state index contributed by atoms with van der Waals surface area (Å²) >= 11 is 0. The molecule has 0 amide bonds. The minimum atomic E-state index is 0.368. The van der Waals surface area contributed by atoms with E-state index >= 15 is 0 Å². The molecule has 0 aliphatic rings. The lowest BCUT2D eigenvalue weighted by Gasteiger charge is -2.13. The van der Waals surface area contributed by atoms with Gasteiger partial charge in [-0.3, -0.25) is 9.78 Å². The van der Waals surface area contributed by atoms with Gasteiger partial charge in [0, 0.05) is 12.4 Å². The van der Waals surface area contributed by atoms with Gasteiger partial charge in [0.25, 0.3) is 0 Å². The predicted molar refractivity (Wildman–Crippen MR) is 71.6 cm³/mol. The molecular weight excluding hydrogens is 242 g/mol. The van der Waals surface area contributed by atoms with Gasteiger partial charge in [-0.05, 0) is 36.8 Å². The van der Waals surface area contributed by atoms with Gasteiger partial charge in [0.2, 0.25) is 0 Å². The molecule has 0 radical (unpaired) electrons. The van der Waals surface area contributed by atoms with Crippen molar-refractivity contribution in [3.8, 4) is 11.5 Å². The zero-order valence-electron chi connectivity index (χ0n) is 10.7. The minimum absolute atomic E-state index is 0.368. The van der Waals surface area contributed by atoms with Crippen molar-refractivity contribution in [1.29, 1.82) is 0 Å². The molecule has 98 valence electrons. The van der Waals surface area contributed by atoms with E-state index in [9.17, 15) is 4.79 Å². The molecule has 0 bridgehead atoms. The van der Waals surface area contributed by atoms with Crippen LogP contribution in [0.2, 0.25) is 0 Å². The summed E-state index contributed by atoms with van der Waals surface area (Å²) in [5.74, 6) is 1.07. The molecule has 2 aromatic rings. The summed E-state index contributed by atoms with van der Waals surface area (Å²) in [6, 6.07) is 9.00. The number of aldehydes is 1. The van der Waals surface area contributed by atoms with Gasteiger partial charge < -0.3 is 9.47 Å². The van der Waals surface area contributed by atoms with Crippen molar-refractivity contribution in [1.82, 2.24) is 4.98 Å². The first-order chi connectivity index (χ1) is 9.35. The topological polar surface area (TPSA) is 48.4 Å². The van der Waals surface area contributed by atoms with Crippen molar-refractivity contribution in [3.63, 3.8) is 0 Å². The van der Waals surface area contributed by atoms with E-state index < -0.39 is 0 Å². The molecule has 0 saturated heterocycles. The molecule has 0 N–H and O–H groups in total. The van der Waals surface area contributed by atoms with Gasteiger partial charge >= 0.3 is 0 Å². The largest absolute Gasteiger partial charge is 0.490 e. The number of pyridine rings is 1. The van der Waals surface area contributed by atoms with Crippen LogP contribution < -0.4 is 9.47 Å². The maximum absolute atomic E-state index is 11.0. The van der Waals surface area contributed by atoms with Crippen LogP contribution in [0.4, 0.5) is 0 Å². The number of nitrogens with zero attached hydrogens (tertiary/aromatic N) is 1. The molecule has 0 atom stereocenters. The quantitative estimate of drug-likeness (QED) is 0.746. The van der Waals surface area contributed by atoms with Crippen LogP contribution in [0.5, 0.6) is 11.5 Å². The highest BCUT2D eigenvalue weighted by molar-refractivity contribution is 5.81. The van der Waals surface area contributed by atoms with Gasteiger partial charge in [-0.15, -0.1) is 0 Å². The Labute approximate surface area is 112 Å². The summed E-state index contributed by atoms with van der Waals surface area (Å²) in [5.41, 5.74) is 1.47. The first-order valence-electron chi connectivity index (χ1n) is 6.08. The Bertz CT molecular complexity index is 540. The van der Waals surface area contributed by atoms with E-state index in [1.165, 1.54) is 0 Å². The fourth-order valence-electron chi connectivity index (χ4n) is 1.68. The van der Waals surface area contributed by atoms with Crippen LogP contribution in [0.25, 0.3) is 0 Å². The fourth-order valence-corrected chi connectivity index (χ4v) is 1.68. The van der Waals surface area contributed by atoms with Gasteiger partial charge in [-0.2, -0.15) is 0 Å². The van der Waals surface area contributed by atoms with Gasteiger partial charge in [0.15, 0.2) is 17.8 Å². The second kappa shape index (κ2) is 6.54. The standard InChI is InChI=1S/C15H15NO3/c1-2-18-14-5-3-4-13(10-17)15(14)19-11-12-6-8-16-9-7-12/h3-10H,2,11H2,1H3. The van der Waals surface area contributed by atoms with E-state index in [-0.39, 0.29) is 0 Å². The lowest BCUT2D eigenvalue weighted by molar-refractivity contribution is 0.111. The SMILES string of the molecule is CCOc1cccc(C=O)c1OCc1ccncc1. The number of hydrogen-bond acceptors (Lipinski definition) is 4. The molecule has 0 aliphatic carbocycles.